The Morgan fingerprint density at radius 1 is 0.840 bits per heavy atom. The Labute approximate surface area is 150 Å². The molecule has 0 bridgehead atoms. The Kier molecular flexibility index (Phi) is 4.84. The van der Waals surface area contributed by atoms with Crippen molar-refractivity contribution in [1.29, 1.82) is 0 Å². The van der Waals surface area contributed by atoms with E-state index in [1.165, 1.54) is 24.0 Å². The highest BCUT2D eigenvalue weighted by Gasteiger charge is 2.32. The average molecular weight is 334 g/mol. The predicted octanol–water partition coefficient (Wildman–Crippen LogP) is 3.52. The number of nitrogens with zero attached hydrogens (tertiary/aromatic N) is 2. The Bertz CT molecular complexity index is 649. The van der Waals surface area contributed by atoms with Gasteiger partial charge in [0, 0.05) is 44.6 Å². The van der Waals surface area contributed by atoms with E-state index >= 15 is 0 Å². The Balaban J connectivity index is 1.46. The molecule has 1 saturated carbocycles. The van der Waals surface area contributed by atoms with Gasteiger partial charge in [-0.1, -0.05) is 60.7 Å². The van der Waals surface area contributed by atoms with Crippen LogP contribution in [0.4, 0.5) is 0 Å². The number of rotatable bonds is 5. The molecule has 3 heteroatoms. The van der Waals surface area contributed by atoms with Crippen LogP contribution in [0, 0.1) is 0 Å². The molecule has 1 amide bonds. The van der Waals surface area contributed by atoms with Crippen LogP contribution in [0.25, 0.3) is 0 Å². The lowest BCUT2D eigenvalue weighted by Gasteiger charge is -2.35. The van der Waals surface area contributed by atoms with Gasteiger partial charge in [0.05, 0.1) is 0 Å². The second kappa shape index (κ2) is 7.40. The Morgan fingerprint density at radius 2 is 1.36 bits per heavy atom. The standard InChI is InChI=1S/C22H26N2O/c25-22(24-15-13-23(14-16-24)20-11-12-20)17-21(18-7-3-1-4-8-18)19-9-5-2-6-10-19/h1-10,20-21H,11-17H2. The van der Waals surface area contributed by atoms with Crippen LogP contribution in [0.1, 0.15) is 36.3 Å². The molecule has 25 heavy (non-hydrogen) atoms. The van der Waals surface area contributed by atoms with E-state index in [0.29, 0.717) is 6.42 Å². The summed E-state index contributed by atoms with van der Waals surface area (Å²) in [5.74, 6) is 0.421. The van der Waals surface area contributed by atoms with Gasteiger partial charge in [-0.2, -0.15) is 0 Å². The third-order valence-corrected chi connectivity index (χ3v) is 5.51. The van der Waals surface area contributed by atoms with Crippen molar-refractivity contribution in [3.8, 4) is 0 Å². The molecule has 3 nitrogen and oxygen atoms in total. The molecule has 4 rings (SSSR count). The lowest BCUT2D eigenvalue weighted by Crippen LogP contribution is -2.49. The van der Waals surface area contributed by atoms with Crippen LogP contribution in [-0.4, -0.2) is 47.9 Å². The van der Waals surface area contributed by atoms with E-state index in [1.807, 2.05) is 12.1 Å². The monoisotopic (exact) mass is 334 g/mol. The smallest absolute Gasteiger partial charge is 0.223 e. The van der Waals surface area contributed by atoms with Crippen molar-refractivity contribution in [3.63, 3.8) is 0 Å². The van der Waals surface area contributed by atoms with E-state index in [2.05, 4.69) is 58.3 Å². The molecule has 1 saturated heterocycles. The van der Waals surface area contributed by atoms with E-state index in [4.69, 9.17) is 0 Å². The van der Waals surface area contributed by atoms with Crippen molar-refractivity contribution >= 4 is 5.91 Å². The largest absolute Gasteiger partial charge is 0.340 e. The van der Waals surface area contributed by atoms with Gasteiger partial charge in [-0.3, -0.25) is 9.69 Å². The maximum atomic E-state index is 13.0. The van der Waals surface area contributed by atoms with Gasteiger partial charge < -0.3 is 4.90 Å². The van der Waals surface area contributed by atoms with Gasteiger partial charge in [-0.15, -0.1) is 0 Å². The minimum atomic E-state index is 0.136. The molecular formula is C22H26N2O. The van der Waals surface area contributed by atoms with E-state index in [-0.39, 0.29) is 11.8 Å². The zero-order valence-corrected chi connectivity index (χ0v) is 14.7. The summed E-state index contributed by atoms with van der Waals surface area (Å²) in [4.78, 5) is 17.6. The molecule has 2 aromatic rings. The highest BCUT2D eigenvalue weighted by molar-refractivity contribution is 5.78. The molecule has 0 spiro atoms. The zero-order valence-electron chi connectivity index (χ0n) is 14.7. The maximum absolute atomic E-state index is 13.0. The second-order valence-electron chi connectivity index (χ2n) is 7.23. The molecule has 0 N–H and O–H groups in total. The van der Waals surface area contributed by atoms with Crippen LogP contribution in [0.5, 0.6) is 0 Å². The fraction of sp³-hybridized carbons (Fsp3) is 0.409. The molecule has 2 aromatic carbocycles. The molecule has 2 aliphatic rings. The summed E-state index contributed by atoms with van der Waals surface area (Å²) >= 11 is 0. The zero-order chi connectivity index (χ0) is 17.1. The normalized spacial score (nSPS) is 18.5. The lowest BCUT2D eigenvalue weighted by atomic mass is 9.88. The molecular weight excluding hydrogens is 308 g/mol. The van der Waals surface area contributed by atoms with Gasteiger partial charge in [-0.05, 0) is 24.0 Å². The van der Waals surface area contributed by atoms with Gasteiger partial charge in [0.15, 0.2) is 0 Å². The number of piperazine rings is 1. The molecule has 0 atom stereocenters. The van der Waals surface area contributed by atoms with Crippen LogP contribution in [0.3, 0.4) is 0 Å². The Morgan fingerprint density at radius 3 is 1.84 bits per heavy atom. The first-order chi connectivity index (χ1) is 12.3. The summed E-state index contributed by atoms with van der Waals surface area (Å²) in [6, 6.07) is 21.6. The quantitative estimate of drug-likeness (QED) is 0.835. The van der Waals surface area contributed by atoms with Crippen molar-refractivity contribution in [1.82, 2.24) is 9.80 Å². The highest BCUT2D eigenvalue weighted by Crippen LogP contribution is 2.30. The molecule has 0 unspecified atom stereocenters. The first kappa shape index (κ1) is 16.3. The molecule has 1 heterocycles. The van der Waals surface area contributed by atoms with Crippen LogP contribution in [0.2, 0.25) is 0 Å². The number of hydrogen-bond acceptors (Lipinski definition) is 2. The van der Waals surface area contributed by atoms with E-state index in [9.17, 15) is 4.79 Å². The van der Waals surface area contributed by atoms with E-state index < -0.39 is 0 Å². The minimum absolute atomic E-state index is 0.136. The van der Waals surface area contributed by atoms with Gasteiger partial charge in [0.25, 0.3) is 0 Å². The number of hydrogen-bond donors (Lipinski definition) is 0. The minimum Gasteiger partial charge on any atom is -0.340 e. The van der Waals surface area contributed by atoms with Crippen molar-refractivity contribution in [2.24, 2.45) is 0 Å². The van der Waals surface area contributed by atoms with E-state index in [1.54, 1.807) is 0 Å². The van der Waals surface area contributed by atoms with Gasteiger partial charge in [0.2, 0.25) is 5.91 Å². The van der Waals surface area contributed by atoms with Crippen LogP contribution < -0.4 is 0 Å². The SMILES string of the molecule is O=C(CC(c1ccccc1)c1ccccc1)N1CCN(C2CC2)CC1. The summed E-state index contributed by atoms with van der Waals surface area (Å²) in [7, 11) is 0. The van der Waals surface area contributed by atoms with Crippen molar-refractivity contribution in [2.75, 3.05) is 26.2 Å². The Hall–Kier alpha value is -2.13. The summed E-state index contributed by atoms with van der Waals surface area (Å²) in [5.41, 5.74) is 2.44. The van der Waals surface area contributed by atoms with Gasteiger partial charge >= 0.3 is 0 Å². The van der Waals surface area contributed by atoms with Gasteiger partial charge in [-0.25, -0.2) is 0 Å². The van der Waals surface area contributed by atoms with Crippen molar-refractivity contribution in [2.45, 2.75) is 31.2 Å². The second-order valence-corrected chi connectivity index (χ2v) is 7.23. The summed E-state index contributed by atoms with van der Waals surface area (Å²) in [6.45, 7) is 3.84. The fourth-order valence-electron chi connectivity index (χ4n) is 3.88. The summed E-state index contributed by atoms with van der Waals surface area (Å²) < 4.78 is 0. The highest BCUT2D eigenvalue weighted by atomic mass is 16.2. The third kappa shape index (κ3) is 3.93. The first-order valence-electron chi connectivity index (χ1n) is 9.43. The van der Waals surface area contributed by atoms with Crippen LogP contribution in [-0.2, 0) is 4.79 Å². The topological polar surface area (TPSA) is 23.6 Å². The number of carbonyl (C=O) groups is 1. The molecule has 0 aromatic heterocycles. The molecule has 2 fully saturated rings. The predicted molar refractivity (Wildman–Crippen MR) is 101 cm³/mol. The average Bonchev–Trinajstić information content (AvgIpc) is 3.53. The van der Waals surface area contributed by atoms with Crippen molar-refractivity contribution < 1.29 is 4.79 Å². The van der Waals surface area contributed by atoms with Gasteiger partial charge in [0.1, 0.15) is 0 Å². The fourth-order valence-corrected chi connectivity index (χ4v) is 3.88. The molecule has 0 radical (unpaired) electrons. The lowest BCUT2D eigenvalue weighted by molar-refractivity contribution is -0.133. The number of benzene rings is 2. The molecule has 1 aliphatic carbocycles. The summed E-state index contributed by atoms with van der Waals surface area (Å²) in [5, 5.41) is 0. The maximum Gasteiger partial charge on any atom is 0.223 e. The molecule has 130 valence electrons. The van der Waals surface area contributed by atoms with E-state index in [0.717, 1.165) is 32.2 Å². The number of carbonyl (C=O) groups excluding carboxylic acids is 1. The third-order valence-electron chi connectivity index (χ3n) is 5.51. The van der Waals surface area contributed by atoms with Crippen molar-refractivity contribution in [3.05, 3.63) is 71.8 Å². The molecule has 1 aliphatic heterocycles. The van der Waals surface area contributed by atoms with Crippen LogP contribution in [0.15, 0.2) is 60.7 Å². The number of amides is 1. The van der Waals surface area contributed by atoms with Crippen LogP contribution >= 0.6 is 0 Å². The summed E-state index contributed by atoms with van der Waals surface area (Å²) in [6.07, 6.45) is 3.24. The first-order valence-corrected chi connectivity index (χ1v) is 9.43.